The number of non-ortho nitro benzene ring substituents is 1. The zero-order valence-electron chi connectivity index (χ0n) is 12.0. The van der Waals surface area contributed by atoms with E-state index in [0.29, 0.717) is 10.0 Å². The van der Waals surface area contributed by atoms with Gasteiger partial charge >= 0.3 is 11.9 Å². The summed E-state index contributed by atoms with van der Waals surface area (Å²) in [6.45, 7) is 0. The van der Waals surface area contributed by atoms with Gasteiger partial charge in [-0.05, 0) is 29.8 Å². The number of rotatable bonds is 5. The van der Waals surface area contributed by atoms with Gasteiger partial charge < -0.3 is 9.84 Å². The van der Waals surface area contributed by atoms with E-state index in [1.54, 1.807) is 12.1 Å². The molecule has 0 spiro atoms. The summed E-state index contributed by atoms with van der Waals surface area (Å²) in [5.41, 5.74) is 0.170. The van der Waals surface area contributed by atoms with E-state index in [-0.39, 0.29) is 17.0 Å². The van der Waals surface area contributed by atoms with Gasteiger partial charge in [-0.2, -0.15) is 0 Å². The quantitative estimate of drug-likeness (QED) is 0.274. The Bertz CT molecular complexity index is 846. The average Bonchev–Trinajstić information content (AvgIpc) is 2.54. The predicted molar refractivity (Wildman–Crippen MR) is 88.9 cm³/mol. The van der Waals surface area contributed by atoms with E-state index in [1.807, 2.05) is 0 Å². The highest BCUT2D eigenvalue weighted by Crippen LogP contribution is 2.23. The Morgan fingerprint density at radius 3 is 2.62 bits per heavy atom. The van der Waals surface area contributed by atoms with Gasteiger partial charge in [0.1, 0.15) is 11.3 Å². The molecule has 24 heavy (non-hydrogen) atoms. The highest BCUT2D eigenvalue weighted by atomic mass is 79.9. The summed E-state index contributed by atoms with van der Waals surface area (Å²) >= 11 is 3.14. The summed E-state index contributed by atoms with van der Waals surface area (Å²) < 4.78 is 5.53. The van der Waals surface area contributed by atoms with Crippen molar-refractivity contribution in [3.05, 3.63) is 74.3 Å². The largest absolute Gasteiger partial charge is 0.478 e. The zero-order valence-corrected chi connectivity index (χ0v) is 13.6. The number of carboxylic acids is 1. The number of esters is 1. The van der Waals surface area contributed by atoms with Crippen LogP contribution in [0.2, 0.25) is 0 Å². The second-order valence-corrected chi connectivity index (χ2v) is 5.47. The second kappa shape index (κ2) is 7.51. The number of hydrogen-bond acceptors (Lipinski definition) is 5. The fourth-order valence-corrected chi connectivity index (χ4v) is 2.17. The Morgan fingerprint density at radius 1 is 1.21 bits per heavy atom. The summed E-state index contributed by atoms with van der Waals surface area (Å²) in [6.07, 6.45) is 2.40. The molecular weight excluding hydrogens is 382 g/mol. The molecule has 0 aliphatic rings. The molecule has 0 atom stereocenters. The first kappa shape index (κ1) is 17.4. The molecule has 0 aromatic heterocycles. The average molecular weight is 392 g/mol. The zero-order chi connectivity index (χ0) is 17.7. The Balaban J connectivity index is 2.15. The molecule has 0 aliphatic carbocycles. The van der Waals surface area contributed by atoms with Gasteiger partial charge in [0, 0.05) is 22.7 Å². The van der Waals surface area contributed by atoms with Crippen molar-refractivity contribution in [2.75, 3.05) is 0 Å². The van der Waals surface area contributed by atoms with Crippen LogP contribution in [0.4, 0.5) is 5.69 Å². The van der Waals surface area contributed by atoms with Crippen molar-refractivity contribution in [3.8, 4) is 5.75 Å². The number of nitro groups is 1. The number of hydrogen-bond donors (Lipinski definition) is 1. The molecule has 0 saturated carbocycles. The minimum Gasteiger partial charge on any atom is -0.478 e. The molecule has 1 N–H and O–H groups in total. The van der Waals surface area contributed by atoms with Crippen LogP contribution in [0.3, 0.4) is 0 Å². The molecule has 8 heteroatoms. The van der Waals surface area contributed by atoms with Gasteiger partial charge in [-0.15, -0.1) is 0 Å². The number of aromatic carboxylic acids is 1. The van der Waals surface area contributed by atoms with Crippen LogP contribution < -0.4 is 4.74 Å². The number of ether oxygens (including phenoxy) is 1. The summed E-state index contributed by atoms with van der Waals surface area (Å²) in [6, 6.07) is 9.91. The molecule has 0 aliphatic heterocycles. The third-order valence-electron chi connectivity index (χ3n) is 2.88. The van der Waals surface area contributed by atoms with Gasteiger partial charge in [-0.3, -0.25) is 10.1 Å². The van der Waals surface area contributed by atoms with Crippen LogP contribution in [0.15, 0.2) is 53.0 Å². The minimum absolute atomic E-state index is 0.0978. The number of nitro benzene ring substituents is 1. The molecule has 7 nitrogen and oxygen atoms in total. The van der Waals surface area contributed by atoms with E-state index in [1.165, 1.54) is 36.4 Å². The maximum absolute atomic E-state index is 11.8. The summed E-state index contributed by atoms with van der Waals surface area (Å²) in [5.74, 6) is -2.13. The molecule has 2 aromatic carbocycles. The molecule has 122 valence electrons. The molecule has 0 unspecified atom stereocenters. The van der Waals surface area contributed by atoms with Gasteiger partial charge in [0.25, 0.3) is 5.69 Å². The van der Waals surface area contributed by atoms with E-state index in [0.717, 1.165) is 6.08 Å². The summed E-state index contributed by atoms with van der Waals surface area (Å²) in [4.78, 5) is 33.1. The van der Waals surface area contributed by atoms with Gasteiger partial charge in [0.05, 0.1) is 4.92 Å². The Kier molecular flexibility index (Phi) is 5.43. The van der Waals surface area contributed by atoms with E-state index in [4.69, 9.17) is 9.84 Å². The van der Waals surface area contributed by atoms with Crippen LogP contribution in [-0.4, -0.2) is 22.0 Å². The van der Waals surface area contributed by atoms with E-state index in [9.17, 15) is 19.7 Å². The highest BCUT2D eigenvalue weighted by Gasteiger charge is 2.14. The normalized spacial score (nSPS) is 10.5. The van der Waals surface area contributed by atoms with Crippen LogP contribution in [0.25, 0.3) is 6.08 Å². The number of carbonyl (C=O) groups excluding carboxylic acids is 1. The molecule has 0 heterocycles. The van der Waals surface area contributed by atoms with Crippen LogP contribution >= 0.6 is 15.9 Å². The first-order valence-electron chi connectivity index (χ1n) is 6.54. The number of carboxylic acid groups (broad SMARTS) is 1. The third kappa shape index (κ3) is 4.50. The van der Waals surface area contributed by atoms with E-state index in [2.05, 4.69) is 15.9 Å². The first-order chi connectivity index (χ1) is 11.4. The maximum atomic E-state index is 11.8. The van der Waals surface area contributed by atoms with Crippen LogP contribution in [0, 0.1) is 10.1 Å². The Hall–Kier alpha value is -3.00. The fourth-order valence-electron chi connectivity index (χ4n) is 1.81. The SMILES string of the molecule is O=C(/C=C/c1cccc([N+](=O)[O-])c1)Oc1ccc(Br)cc1C(=O)O. The first-order valence-corrected chi connectivity index (χ1v) is 7.33. The lowest BCUT2D eigenvalue weighted by molar-refractivity contribution is -0.384. The molecule has 0 amide bonds. The number of benzene rings is 2. The summed E-state index contributed by atoms with van der Waals surface area (Å²) in [7, 11) is 0. The van der Waals surface area contributed by atoms with Crippen molar-refractivity contribution in [1.82, 2.24) is 0 Å². The van der Waals surface area contributed by atoms with Crippen LogP contribution in [0.5, 0.6) is 5.75 Å². The maximum Gasteiger partial charge on any atom is 0.339 e. The van der Waals surface area contributed by atoms with Crippen molar-refractivity contribution in [3.63, 3.8) is 0 Å². The monoisotopic (exact) mass is 391 g/mol. The van der Waals surface area contributed by atoms with Gasteiger partial charge in [0.2, 0.25) is 0 Å². The lowest BCUT2D eigenvalue weighted by atomic mass is 10.2. The lowest BCUT2D eigenvalue weighted by Crippen LogP contribution is -2.08. The molecule has 0 radical (unpaired) electrons. The van der Waals surface area contributed by atoms with Crippen LogP contribution in [0.1, 0.15) is 15.9 Å². The standard InChI is InChI=1S/C16H10BrNO6/c17-11-5-6-14(13(9-11)16(20)21)24-15(19)7-4-10-2-1-3-12(8-10)18(22)23/h1-9H,(H,20,21)/b7-4+. The van der Waals surface area contributed by atoms with Crippen molar-refractivity contribution in [2.24, 2.45) is 0 Å². The number of nitrogens with zero attached hydrogens (tertiary/aromatic N) is 1. The summed E-state index contributed by atoms with van der Waals surface area (Å²) in [5, 5.41) is 19.8. The van der Waals surface area contributed by atoms with Crippen molar-refractivity contribution < 1.29 is 24.4 Å². The fraction of sp³-hybridized carbons (Fsp3) is 0. The molecule has 0 saturated heterocycles. The van der Waals surface area contributed by atoms with Crippen molar-refractivity contribution >= 4 is 39.6 Å². The minimum atomic E-state index is -1.23. The molecule has 0 fully saturated rings. The van der Waals surface area contributed by atoms with E-state index >= 15 is 0 Å². The molecule has 2 rings (SSSR count). The number of carbonyl (C=O) groups is 2. The van der Waals surface area contributed by atoms with Crippen molar-refractivity contribution in [1.29, 1.82) is 0 Å². The highest BCUT2D eigenvalue weighted by molar-refractivity contribution is 9.10. The van der Waals surface area contributed by atoms with Crippen LogP contribution in [-0.2, 0) is 4.79 Å². The topological polar surface area (TPSA) is 107 Å². The second-order valence-electron chi connectivity index (χ2n) is 4.55. The predicted octanol–water partition coefficient (Wildman–Crippen LogP) is 3.67. The Morgan fingerprint density at radius 2 is 1.96 bits per heavy atom. The molecule has 0 bridgehead atoms. The third-order valence-corrected chi connectivity index (χ3v) is 3.37. The van der Waals surface area contributed by atoms with Gasteiger partial charge in [0.15, 0.2) is 0 Å². The smallest absolute Gasteiger partial charge is 0.339 e. The van der Waals surface area contributed by atoms with Gasteiger partial charge in [-0.1, -0.05) is 28.1 Å². The molecular formula is C16H10BrNO6. The van der Waals surface area contributed by atoms with Crippen molar-refractivity contribution in [2.45, 2.75) is 0 Å². The Labute approximate surface area is 144 Å². The van der Waals surface area contributed by atoms with Gasteiger partial charge in [-0.25, -0.2) is 9.59 Å². The lowest BCUT2D eigenvalue weighted by Gasteiger charge is -2.05. The molecule has 2 aromatic rings. The number of halogens is 1. The van der Waals surface area contributed by atoms with E-state index < -0.39 is 16.9 Å².